The summed E-state index contributed by atoms with van der Waals surface area (Å²) in [5.41, 5.74) is 0.783. The maximum atomic E-state index is 10.4. The molecule has 1 rings (SSSR count). The highest BCUT2D eigenvalue weighted by Gasteiger charge is 2.06. The Bertz CT molecular complexity index is 398. The summed E-state index contributed by atoms with van der Waals surface area (Å²) in [6.45, 7) is 2.63. The standard InChI is InChI=1S/C11H17N3O4/c1-3-8-6-9(18-7-10(15)16)14-11(13-8)12-4-5-17-2/h6H,3-5,7H2,1-2H3,(H,15,16)(H,12,13,14). The van der Waals surface area contributed by atoms with Gasteiger partial charge in [0.05, 0.1) is 6.61 Å². The molecule has 0 unspecified atom stereocenters. The number of aryl methyl sites for hydroxylation is 1. The highest BCUT2D eigenvalue weighted by Crippen LogP contribution is 2.12. The van der Waals surface area contributed by atoms with Crippen LogP contribution >= 0.6 is 0 Å². The fourth-order valence-corrected chi connectivity index (χ4v) is 1.21. The second-order valence-electron chi connectivity index (χ2n) is 3.48. The van der Waals surface area contributed by atoms with E-state index < -0.39 is 12.6 Å². The van der Waals surface area contributed by atoms with Crippen LogP contribution in [0.15, 0.2) is 6.07 Å². The molecular formula is C11H17N3O4. The molecule has 0 aromatic carbocycles. The number of carbonyl (C=O) groups is 1. The van der Waals surface area contributed by atoms with Gasteiger partial charge in [-0.3, -0.25) is 0 Å². The van der Waals surface area contributed by atoms with E-state index in [2.05, 4.69) is 15.3 Å². The third-order valence-electron chi connectivity index (χ3n) is 2.05. The third-order valence-corrected chi connectivity index (χ3v) is 2.05. The van der Waals surface area contributed by atoms with E-state index >= 15 is 0 Å². The summed E-state index contributed by atoms with van der Waals surface area (Å²) in [4.78, 5) is 18.7. The van der Waals surface area contributed by atoms with Crippen molar-refractivity contribution in [1.82, 2.24) is 9.97 Å². The van der Waals surface area contributed by atoms with Crippen molar-refractivity contribution in [1.29, 1.82) is 0 Å². The molecule has 100 valence electrons. The molecule has 0 amide bonds. The molecule has 7 nitrogen and oxygen atoms in total. The molecular weight excluding hydrogens is 238 g/mol. The maximum absolute atomic E-state index is 10.4. The summed E-state index contributed by atoms with van der Waals surface area (Å²) in [5, 5.41) is 11.5. The Hall–Kier alpha value is -1.89. The molecule has 0 atom stereocenters. The number of aromatic nitrogens is 2. The molecule has 1 heterocycles. The van der Waals surface area contributed by atoms with Crippen LogP contribution in [0, 0.1) is 0 Å². The second-order valence-corrected chi connectivity index (χ2v) is 3.48. The van der Waals surface area contributed by atoms with E-state index in [1.807, 2.05) is 6.92 Å². The predicted octanol–water partition coefficient (Wildman–Crippen LogP) is 0.561. The van der Waals surface area contributed by atoms with E-state index in [9.17, 15) is 4.79 Å². The van der Waals surface area contributed by atoms with Crippen molar-refractivity contribution in [3.05, 3.63) is 11.8 Å². The third kappa shape index (κ3) is 4.96. The van der Waals surface area contributed by atoms with Crippen molar-refractivity contribution in [2.75, 3.05) is 32.2 Å². The second kappa shape index (κ2) is 7.44. The zero-order valence-corrected chi connectivity index (χ0v) is 10.5. The number of nitrogens with zero attached hydrogens (tertiary/aromatic N) is 2. The minimum atomic E-state index is -1.04. The highest BCUT2D eigenvalue weighted by molar-refractivity contribution is 5.68. The zero-order valence-electron chi connectivity index (χ0n) is 10.5. The van der Waals surface area contributed by atoms with Gasteiger partial charge in [-0.15, -0.1) is 0 Å². The number of ether oxygens (including phenoxy) is 2. The maximum Gasteiger partial charge on any atom is 0.341 e. The van der Waals surface area contributed by atoms with Crippen LogP contribution in [-0.2, 0) is 16.0 Å². The van der Waals surface area contributed by atoms with Gasteiger partial charge in [0.15, 0.2) is 6.61 Å². The number of carboxylic acids is 1. The van der Waals surface area contributed by atoms with E-state index in [4.69, 9.17) is 14.6 Å². The molecule has 0 aliphatic carbocycles. The number of anilines is 1. The molecule has 0 aliphatic rings. The zero-order chi connectivity index (χ0) is 13.4. The van der Waals surface area contributed by atoms with Crippen LogP contribution in [0.4, 0.5) is 5.95 Å². The van der Waals surface area contributed by atoms with Gasteiger partial charge >= 0.3 is 5.97 Å². The lowest BCUT2D eigenvalue weighted by Gasteiger charge is -2.08. The molecule has 18 heavy (non-hydrogen) atoms. The number of methoxy groups -OCH3 is 1. The van der Waals surface area contributed by atoms with Gasteiger partial charge in [-0.2, -0.15) is 4.98 Å². The van der Waals surface area contributed by atoms with Gasteiger partial charge in [0.2, 0.25) is 11.8 Å². The van der Waals surface area contributed by atoms with E-state index in [0.29, 0.717) is 25.5 Å². The Labute approximate surface area is 105 Å². The van der Waals surface area contributed by atoms with Crippen LogP contribution in [0.1, 0.15) is 12.6 Å². The minimum Gasteiger partial charge on any atom is -0.479 e. The summed E-state index contributed by atoms with van der Waals surface area (Å²) in [6.07, 6.45) is 0.713. The van der Waals surface area contributed by atoms with Gasteiger partial charge in [-0.1, -0.05) is 6.92 Å². The number of carboxylic acid groups (broad SMARTS) is 1. The summed E-state index contributed by atoms with van der Waals surface area (Å²) < 4.78 is 9.94. The van der Waals surface area contributed by atoms with Crippen molar-refractivity contribution in [3.8, 4) is 5.88 Å². The molecule has 0 spiro atoms. The molecule has 1 aromatic rings. The van der Waals surface area contributed by atoms with Gasteiger partial charge in [0.25, 0.3) is 0 Å². The predicted molar refractivity (Wildman–Crippen MR) is 64.9 cm³/mol. The number of hydrogen-bond donors (Lipinski definition) is 2. The Kier molecular flexibility index (Phi) is 5.86. The molecule has 0 saturated heterocycles. The monoisotopic (exact) mass is 255 g/mol. The van der Waals surface area contributed by atoms with Crippen LogP contribution < -0.4 is 10.1 Å². The Morgan fingerprint density at radius 1 is 1.50 bits per heavy atom. The van der Waals surface area contributed by atoms with Crippen LogP contribution in [0.3, 0.4) is 0 Å². The lowest BCUT2D eigenvalue weighted by molar-refractivity contribution is -0.139. The van der Waals surface area contributed by atoms with Crippen molar-refractivity contribution in [3.63, 3.8) is 0 Å². The summed E-state index contributed by atoms with van der Waals surface area (Å²) in [7, 11) is 1.60. The first kappa shape index (κ1) is 14.2. The first-order valence-corrected chi connectivity index (χ1v) is 5.61. The average Bonchev–Trinajstić information content (AvgIpc) is 2.36. The number of rotatable bonds is 8. The Morgan fingerprint density at radius 2 is 2.28 bits per heavy atom. The quantitative estimate of drug-likeness (QED) is 0.655. The number of hydrogen-bond acceptors (Lipinski definition) is 6. The first-order valence-electron chi connectivity index (χ1n) is 5.61. The summed E-state index contributed by atoms with van der Waals surface area (Å²) in [5.74, 6) is -0.378. The van der Waals surface area contributed by atoms with E-state index in [-0.39, 0.29) is 5.88 Å². The first-order chi connectivity index (χ1) is 8.65. The molecule has 1 aromatic heterocycles. The Morgan fingerprint density at radius 3 is 2.89 bits per heavy atom. The van der Waals surface area contributed by atoms with Gasteiger partial charge in [0, 0.05) is 25.4 Å². The summed E-state index contributed by atoms with van der Waals surface area (Å²) >= 11 is 0. The van der Waals surface area contributed by atoms with Crippen LogP contribution in [0.5, 0.6) is 5.88 Å². The normalized spacial score (nSPS) is 10.1. The van der Waals surface area contributed by atoms with Crippen LogP contribution in [0.2, 0.25) is 0 Å². The average molecular weight is 255 g/mol. The number of nitrogens with one attached hydrogen (secondary N) is 1. The van der Waals surface area contributed by atoms with E-state index in [0.717, 1.165) is 5.69 Å². The fraction of sp³-hybridized carbons (Fsp3) is 0.545. The van der Waals surface area contributed by atoms with Crippen molar-refractivity contribution >= 4 is 11.9 Å². The van der Waals surface area contributed by atoms with Crippen molar-refractivity contribution in [2.45, 2.75) is 13.3 Å². The molecule has 0 fully saturated rings. The summed E-state index contributed by atoms with van der Waals surface area (Å²) in [6, 6.07) is 1.63. The highest BCUT2D eigenvalue weighted by atomic mass is 16.5. The number of aliphatic carboxylic acids is 1. The van der Waals surface area contributed by atoms with Gasteiger partial charge in [-0.25, -0.2) is 9.78 Å². The molecule has 0 bridgehead atoms. The largest absolute Gasteiger partial charge is 0.479 e. The van der Waals surface area contributed by atoms with Gasteiger partial charge in [0.1, 0.15) is 0 Å². The Balaban J connectivity index is 2.70. The SMILES string of the molecule is CCc1cc(OCC(=O)O)nc(NCCOC)n1. The van der Waals surface area contributed by atoms with Crippen LogP contribution in [-0.4, -0.2) is 47.9 Å². The molecule has 0 radical (unpaired) electrons. The smallest absolute Gasteiger partial charge is 0.341 e. The molecule has 7 heteroatoms. The van der Waals surface area contributed by atoms with Gasteiger partial charge in [-0.05, 0) is 6.42 Å². The fourth-order valence-electron chi connectivity index (χ4n) is 1.21. The topological polar surface area (TPSA) is 93.6 Å². The molecule has 0 saturated carbocycles. The van der Waals surface area contributed by atoms with Crippen LogP contribution in [0.25, 0.3) is 0 Å². The molecule has 0 aliphatic heterocycles. The van der Waals surface area contributed by atoms with E-state index in [1.54, 1.807) is 13.2 Å². The lowest BCUT2D eigenvalue weighted by Crippen LogP contribution is -2.14. The minimum absolute atomic E-state index is 0.254. The van der Waals surface area contributed by atoms with Gasteiger partial charge < -0.3 is 19.9 Å². The molecule has 2 N–H and O–H groups in total. The lowest BCUT2D eigenvalue weighted by atomic mass is 10.3. The van der Waals surface area contributed by atoms with Crippen molar-refractivity contribution in [2.24, 2.45) is 0 Å². The van der Waals surface area contributed by atoms with Crippen molar-refractivity contribution < 1.29 is 19.4 Å². The van der Waals surface area contributed by atoms with E-state index in [1.165, 1.54) is 0 Å².